The highest BCUT2D eigenvalue weighted by Crippen LogP contribution is 2.27. The summed E-state index contributed by atoms with van der Waals surface area (Å²) in [6.07, 6.45) is 2.73. The predicted octanol–water partition coefficient (Wildman–Crippen LogP) is 3.58. The minimum absolute atomic E-state index is 0.590. The van der Waals surface area contributed by atoms with Gasteiger partial charge in [0.25, 0.3) is 0 Å². The first-order chi connectivity index (χ1) is 8.70. The van der Waals surface area contributed by atoms with E-state index in [0.29, 0.717) is 11.8 Å². The zero-order valence-electron chi connectivity index (χ0n) is 11.8. The van der Waals surface area contributed by atoms with Crippen LogP contribution in [-0.2, 0) is 0 Å². The van der Waals surface area contributed by atoms with Gasteiger partial charge in [-0.05, 0) is 55.8 Å². The summed E-state index contributed by atoms with van der Waals surface area (Å²) >= 11 is 0. The van der Waals surface area contributed by atoms with Crippen LogP contribution in [0.1, 0.15) is 45.1 Å². The SMILES string of the molecule is CCOc1ccc(C(C)C(C)CNC2CC2)cc1. The van der Waals surface area contributed by atoms with Crippen molar-refractivity contribution < 1.29 is 4.74 Å². The maximum atomic E-state index is 5.48. The first kappa shape index (κ1) is 13.4. The molecule has 1 aromatic carbocycles. The summed E-state index contributed by atoms with van der Waals surface area (Å²) in [4.78, 5) is 0. The molecule has 2 nitrogen and oxygen atoms in total. The second-order valence-electron chi connectivity index (χ2n) is 5.45. The summed E-state index contributed by atoms with van der Waals surface area (Å²) in [5.41, 5.74) is 1.41. The van der Waals surface area contributed by atoms with Gasteiger partial charge >= 0.3 is 0 Å². The highest BCUT2D eigenvalue weighted by atomic mass is 16.5. The molecule has 1 fully saturated rings. The molecule has 0 radical (unpaired) electrons. The van der Waals surface area contributed by atoms with Gasteiger partial charge in [-0.3, -0.25) is 0 Å². The van der Waals surface area contributed by atoms with E-state index in [1.165, 1.54) is 18.4 Å². The van der Waals surface area contributed by atoms with Gasteiger partial charge in [-0.2, -0.15) is 0 Å². The van der Waals surface area contributed by atoms with E-state index in [-0.39, 0.29) is 0 Å². The molecule has 2 atom stereocenters. The Balaban J connectivity index is 1.87. The van der Waals surface area contributed by atoms with Gasteiger partial charge in [0.15, 0.2) is 0 Å². The Labute approximate surface area is 111 Å². The quantitative estimate of drug-likeness (QED) is 0.795. The molecule has 100 valence electrons. The molecule has 1 aliphatic rings. The number of ether oxygens (including phenoxy) is 1. The van der Waals surface area contributed by atoms with Crippen LogP contribution in [-0.4, -0.2) is 19.2 Å². The summed E-state index contributed by atoms with van der Waals surface area (Å²) in [7, 11) is 0. The molecule has 2 unspecified atom stereocenters. The fourth-order valence-electron chi connectivity index (χ4n) is 2.18. The van der Waals surface area contributed by atoms with Crippen LogP contribution in [0, 0.1) is 5.92 Å². The topological polar surface area (TPSA) is 21.3 Å². The van der Waals surface area contributed by atoms with Crippen LogP contribution in [0.5, 0.6) is 5.75 Å². The van der Waals surface area contributed by atoms with Gasteiger partial charge in [0.05, 0.1) is 6.61 Å². The van der Waals surface area contributed by atoms with Crippen LogP contribution in [0.4, 0.5) is 0 Å². The van der Waals surface area contributed by atoms with E-state index in [4.69, 9.17) is 4.74 Å². The van der Waals surface area contributed by atoms with E-state index < -0.39 is 0 Å². The van der Waals surface area contributed by atoms with Crippen LogP contribution in [0.2, 0.25) is 0 Å². The molecule has 0 bridgehead atoms. The van der Waals surface area contributed by atoms with Crippen molar-refractivity contribution in [2.75, 3.05) is 13.2 Å². The van der Waals surface area contributed by atoms with Crippen molar-refractivity contribution in [3.8, 4) is 5.75 Å². The van der Waals surface area contributed by atoms with Crippen molar-refractivity contribution >= 4 is 0 Å². The van der Waals surface area contributed by atoms with Crippen LogP contribution >= 0.6 is 0 Å². The van der Waals surface area contributed by atoms with Gasteiger partial charge in [-0.25, -0.2) is 0 Å². The summed E-state index contributed by atoms with van der Waals surface area (Å²) in [5.74, 6) is 2.23. The van der Waals surface area contributed by atoms with Crippen molar-refractivity contribution in [1.29, 1.82) is 0 Å². The predicted molar refractivity (Wildman–Crippen MR) is 76.2 cm³/mol. The normalized spacial score (nSPS) is 18.4. The highest BCUT2D eigenvalue weighted by molar-refractivity contribution is 5.29. The minimum Gasteiger partial charge on any atom is -0.494 e. The molecule has 1 N–H and O–H groups in total. The lowest BCUT2D eigenvalue weighted by Gasteiger charge is -2.21. The maximum absolute atomic E-state index is 5.48. The molecule has 2 heteroatoms. The van der Waals surface area contributed by atoms with Gasteiger partial charge < -0.3 is 10.1 Å². The van der Waals surface area contributed by atoms with Crippen LogP contribution in [0.15, 0.2) is 24.3 Å². The molecular weight excluding hydrogens is 222 g/mol. The molecule has 0 spiro atoms. The summed E-state index contributed by atoms with van der Waals surface area (Å²) in [6, 6.07) is 9.36. The molecule has 0 heterocycles. The lowest BCUT2D eigenvalue weighted by atomic mass is 9.89. The van der Waals surface area contributed by atoms with Gasteiger partial charge in [0.2, 0.25) is 0 Å². The van der Waals surface area contributed by atoms with E-state index in [2.05, 4.69) is 43.4 Å². The van der Waals surface area contributed by atoms with Crippen molar-refractivity contribution in [1.82, 2.24) is 5.32 Å². The molecule has 18 heavy (non-hydrogen) atoms. The average molecular weight is 247 g/mol. The average Bonchev–Trinajstić information content (AvgIpc) is 3.20. The van der Waals surface area contributed by atoms with Crippen LogP contribution in [0.3, 0.4) is 0 Å². The Bertz CT molecular complexity index is 356. The highest BCUT2D eigenvalue weighted by Gasteiger charge is 2.22. The minimum atomic E-state index is 0.590. The Hall–Kier alpha value is -1.02. The summed E-state index contributed by atoms with van der Waals surface area (Å²) < 4.78 is 5.48. The van der Waals surface area contributed by atoms with Crippen molar-refractivity contribution in [2.45, 2.75) is 45.6 Å². The number of hydrogen-bond acceptors (Lipinski definition) is 2. The monoisotopic (exact) mass is 247 g/mol. The number of benzene rings is 1. The fraction of sp³-hybridized carbons (Fsp3) is 0.625. The van der Waals surface area contributed by atoms with Gasteiger partial charge in [-0.1, -0.05) is 26.0 Å². The van der Waals surface area contributed by atoms with Crippen molar-refractivity contribution in [2.24, 2.45) is 5.92 Å². The molecule has 1 aromatic rings. The van der Waals surface area contributed by atoms with E-state index in [0.717, 1.165) is 24.9 Å². The molecule has 1 saturated carbocycles. The van der Waals surface area contributed by atoms with Gasteiger partial charge in [0.1, 0.15) is 5.75 Å². The lowest BCUT2D eigenvalue weighted by molar-refractivity contribution is 0.340. The first-order valence-electron chi connectivity index (χ1n) is 7.16. The standard InChI is InChI=1S/C16H25NO/c1-4-18-16-9-5-14(6-10-16)13(3)12(2)11-17-15-7-8-15/h5-6,9-10,12-13,15,17H,4,7-8,11H2,1-3H3. The van der Waals surface area contributed by atoms with Crippen LogP contribution < -0.4 is 10.1 Å². The third-order valence-corrected chi connectivity index (χ3v) is 3.88. The Morgan fingerprint density at radius 1 is 1.22 bits per heavy atom. The number of nitrogens with one attached hydrogen (secondary N) is 1. The van der Waals surface area contributed by atoms with Crippen LogP contribution in [0.25, 0.3) is 0 Å². The second-order valence-corrected chi connectivity index (χ2v) is 5.45. The van der Waals surface area contributed by atoms with E-state index in [9.17, 15) is 0 Å². The second kappa shape index (κ2) is 6.24. The molecule has 0 aromatic heterocycles. The Kier molecular flexibility index (Phi) is 4.65. The molecule has 0 amide bonds. The van der Waals surface area contributed by atoms with E-state index in [1.54, 1.807) is 0 Å². The maximum Gasteiger partial charge on any atom is 0.119 e. The molecule has 1 aliphatic carbocycles. The number of hydrogen-bond donors (Lipinski definition) is 1. The lowest BCUT2D eigenvalue weighted by Crippen LogP contribution is -2.26. The molecule has 0 saturated heterocycles. The fourth-order valence-corrected chi connectivity index (χ4v) is 2.18. The molecule has 0 aliphatic heterocycles. The van der Waals surface area contributed by atoms with E-state index in [1.807, 2.05) is 6.92 Å². The third kappa shape index (κ3) is 3.74. The number of rotatable bonds is 7. The summed E-state index contributed by atoms with van der Waals surface area (Å²) in [5, 5.41) is 3.61. The van der Waals surface area contributed by atoms with Crippen molar-refractivity contribution in [3.63, 3.8) is 0 Å². The molecular formula is C16H25NO. The largest absolute Gasteiger partial charge is 0.494 e. The zero-order valence-corrected chi connectivity index (χ0v) is 11.8. The van der Waals surface area contributed by atoms with Crippen molar-refractivity contribution in [3.05, 3.63) is 29.8 Å². The third-order valence-electron chi connectivity index (χ3n) is 3.88. The Morgan fingerprint density at radius 2 is 1.89 bits per heavy atom. The molecule has 2 rings (SSSR count). The summed E-state index contributed by atoms with van der Waals surface area (Å²) in [6.45, 7) is 8.52. The Morgan fingerprint density at radius 3 is 2.44 bits per heavy atom. The van der Waals surface area contributed by atoms with E-state index >= 15 is 0 Å². The zero-order chi connectivity index (χ0) is 13.0. The smallest absolute Gasteiger partial charge is 0.119 e. The first-order valence-corrected chi connectivity index (χ1v) is 7.16. The van der Waals surface area contributed by atoms with Gasteiger partial charge in [-0.15, -0.1) is 0 Å². The van der Waals surface area contributed by atoms with Gasteiger partial charge in [0, 0.05) is 6.04 Å².